The molecule has 0 amide bonds. The van der Waals surface area contributed by atoms with Gasteiger partial charge in [0, 0.05) is 17.7 Å². The molecule has 1 aromatic carbocycles. The van der Waals surface area contributed by atoms with Crippen LogP contribution >= 0.6 is 0 Å². The summed E-state index contributed by atoms with van der Waals surface area (Å²) in [4.78, 5) is 8.04. The molecular weight excluding hydrogens is 308 g/mol. The quantitative estimate of drug-likeness (QED) is 0.742. The van der Waals surface area contributed by atoms with Crippen LogP contribution in [0.15, 0.2) is 36.7 Å². The number of nitrogens with one attached hydrogen (secondary N) is 2. The number of aromatic amines is 1. The lowest BCUT2D eigenvalue weighted by atomic mass is 10.1. The molecule has 3 aromatic rings. The van der Waals surface area contributed by atoms with Crippen LogP contribution in [0.5, 0.6) is 11.5 Å². The predicted octanol–water partition coefficient (Wildman–Crippen LogP) is 2.50. The van der Waals surface area contributed by atoms with E-state index in [2.05, 4.69) is 25.5 Å². The van der Waals surface area contributed by atoms with Crippen molar-refractivity contribution in [3.05, 3.63) is 42.4 Å². The number of rotatable bonds is 5. The highest BCUT2D eigenvalue weighted by Crippen LogP contribution is 2.33. The Balaban J connectivity index is 1.84. The van der Waals surface area contributed by atoms with Crippen LogP contribution in [0.4, 0.5) is 11.6 Å². The average Bonchev–Trinajstić information content (AvgIpc) is 3.10. The second kappa shape index (κ2) is 6.66. The second-order valence-electron chi connectivity index (χ2n) is 4.76. The number of ether oxygens (including phenoxy) is 2. The highest BCUT2D eigenvalue weighted by atomic mass is 16.5. The Morgan fingerprint density at radius 2 is 1.96 bits per heavy atom. The molecule has 0 atom stereocenters. The molecule has 0 saturated carbocycles. The molecule has 0 unspecified atom stereocenters. The van der Waals surface area contributed by atoms with Crippen LogP contribution in [-0.4, -0.2) is 34.4 Å². The van der Waals surface area contributed by atoms with E-state index in [0.29, 0.717) is 23.1 Å². The topological polar surface area (TPSA) is 109 Å². The monoisotopic (exact) mass is 322 g/mol. The van der Waals surface area contributed by atoms with Gasteiger partial charge in [-0.05, 0) is 12.1 Å². The SMILES string of the molecule is COc1ccc(-c2cc(Nc3cnc(C#N)cn3)n[nH]2)c(OC)c1. The van der Waals surface area contributed by atoms with Crippen LogP contribution in [0.1, 0.15) is 5.69 Å². The van der Waals surface area contributed by atoms with Gasteiger partial charge in [-0.15, -0.1) is 0 Å². The fourth-order valence-corrected chi connectivity index (χ4v) is 2.13. The Kier molecular flexibility index (Phi) is 4.25. The third-order valence-corrected chi connectivity index (χ3v) is 3.30. The molecule has 0 aliphatic carbocycles. The number of hydrogen-bond acceptors (Lipinski definition) is 7. The van der Waals surface area contributed by atoms with E-state index in [9.17, 15) is 0 Å². The maximum absolute atomic E-state index is 8.72. The first-order chi connectivity index (χ1) is 11.7. The van der Waals surface area contributed by atoms with Crippen molar-refractivity contribution in [1.29, 1.82) is 5.26 Å². The zero-order valence-electron chi connectivity index (χ0n) is 13.1. The molecule has 0 aliphatic rings. The van der Waals surface area contributed by atoms with Gasteiger partial charge in [-0.3, -0.25) is 5.10 Å². The summed E-state index contributed by atoms with van der Waals surface area (Å²) in [6, 6.07) is 9.27. The van der Waals surface area contributed by atoms with Crippen molar-refractivity contribution in [2.45, 2.75) is 0 Å². The van der Waals surface area contributed by atoms with E-state index in [1.807, 2.05) is 24.3 Å². The van der Waals surface area contributed by atoms with Crippen molar-refractivity contribution in [3.63, 3.8) is 0 Å². The lowest BCUT2D eigenvalue weighted by molar-refractivity contribution is 0.395. The Bertz CT molecular complexity index is 882. The smallest absolute Gasteiger partial charge is 0.158 e. The molecule has 120 valence electrons. The summed E-state index contributed by atoms with van der Waals surface area (Å²) in [6.45, 7) is 0. The van der Waals surface area contributed by atoms with E-state index < -0.39 is 0 Å². The van der Waals surface area contributed by atoms with Gasteiger partial charge in [0.1, 0.15) is 23.4 Å². The van der Waals surface area contributed by atoms with Crippen LogP contribution in [0.25, 0.3) is 11.3 Å². The maximum Gasteiger partial charge on any atom is 0.158 e. The van der Waals surface area contributed by atoms with Crippen LogP contribution in [-0.2, 0) is 0 Å². The van der Waals surface area contributed by atoms with Crippen LogP contribution in [0.2, 0.25) is 0 Å². The van der Waals surface area contributed by atoms with Crippen LogP contribution in [0, 0.1) is 11.3 Å². The number of nitrogens with zero attached hydrogens (tertiary/aromatic N) is 4. The van der Waals surface area contributed by atoms with Crippen molar-refractivity contribution in [3.8, 4) is 28.8 Å². The summed E-state index contributed by atoms with van der Waals surface area (Å²) in [5, 5.41) is 18.9. The molecule has 0 saturated heterocycles. The van der Waals surface area contributed by atoms with Gasteiger partial charge in [-0.2, -0.15) is 10.4 Å². The molecule has 8 heteroatoms. The number of benzene rings is 1. The number of H-pyrrole nitrogens is 1. The van der Waals surface area contributed by atoms with E-state index in [1.54, 1.807) is 20.3 Å². The number of nitriles is 1. The highest BCUT2D eigenvalue weighted by molar-refractivity contribution is 5.71. The van der Waals surface area contributed by atoms with Crippen molar-refractivity contribution >= 4 is 11.6 Å². The Morgan fingerprint density at radius 3 is 2.62 bits per heavy atom. The van der Waals surface area contributed by atoms with Gasteiger partial charge in [0.15, 0.2) is 11.5 Å². The molecule has 0 radical (unpaired) electrons. The summed E-state index contributed by atoms with van der Waals surface area (Å²) in [6.07, 6.45) is 2.86. The Labute approximate surface area is 138 Å². The normalized spacial score (nSPS) is 10.0. The first-order valence-corrected chi connectivity index (χ1v) is 7.00. The van der Waals surface area contributed by atoms with Crippen molar-refractivity contribution in [2.75, 3.05) is 19.5 Å². The highest BCUT2D eigenvalue weighted by Gasteiger charge is 2.11. The molecule has 2 aromatic heterocycles. The van der Waals surface area contributed by atoms with E-state index in [4.69, 9.17) is 14.7 Å². The summed E-state index contributed by atoms with van der Waals surface area (Å²) < 4.78 is 10.6. The fraction of sp³-hybridized carbons (Fsp3) is 0.125. The van der Waals surface area contributed by atoms with E-state index in [1.165, 1.54) is 12.4 Å². The number of hydrogen-bond donors (Lipinski definition) is 2. The van der Waals surface area contributed by atoms with Crippen molar-refractivity contribution in [1.82, 2.24) is 20.2 Å². The van der Waals surface area contributed by atoms with Gasteiger partial charge in [0.05, 0.1) is 32.3 Å². The number of methoxy groups -OCH3 is 2. The first kappa shape index (κ1) is 15.3. The van der Waals surface area contributed by atoms with Crippen LogP contribution in [0.3, 0.4) is 0 Å². The molecule has 24 heavy (non-hydrogen) atoms. The third kappa shape index (κ3) is 3.10. The third-order valence-electron chi connectivity index (χ3n) is 3.30. The van der Waals surface area contributed by atoms with E-state index in [0.717, 1.165) is 11.3 Å². The predicted molar refractivity (Wildman–Crippen MR) is 87.2 cm³/mol. The molecule has 2 N–H and O–H groups in total. The molecule has 3 rings (SSSR count). The summed E-state index contributed by atoms with van der Waals surface area (Å²) in [5.41, 5.74) is 1.88. The molecule has 0 aliphatic heterocycles. The summed E-state index contributed by atoms with van der Waals surface area (Å²) in [5.74, 6) is 2.44. The average molecular weight is 322 g/mol. The zero-order chi connectivity index (χ0) is 16.9. The minimum absolute atomic E-state index is 0.256. The minimum Gasteiger partial charge on any atom is -0.497 e. The van der Waals surface area contributed by atoms with Gasteiger partial charge >= 0.3 is 0 Å². The molecule has 2 heterocycles. The lowest BCUT2D eigenvalue weighted by Crippen LogP contribution is -1.95. The standard InChI is InChI=1S/C16H14N6O2/c1-23-11-3-4-12(14(5-11)24-2)13-6-15(22-21-13)20-16-9-18-10(7-17)8-19-16/h3-6,8-9H,1-2H3,(H2,19,20,21,22). The van der Waals surface area contributed by atoms with Gasteiger partial charge in [-0.25, -0.2) is 9.97 Å². The fourth-order valence-electron chi connectivity index (χ4n) is 2.13. The molecular formula is C16H14N6O2. The molecule has 0 spiro atoms. The van der Waals surface area contributed by atoms with E-state index in [-0.39, 0.29) is 5.69 Å². The van der Waals surface area contributed by atoms with Gasteiger partial charge in [-0.1, -0.05) is 0 Å². The lowest BCUT2D eigenvalue weighted by Gasteiger charge is -2.08. The molecule has 0 fully saturated rings. The second-order valence-corrected chi connectivity index (χ2v) is 4.76. The van der Waals surface area contributed by atoms with Crippen LogP contribution < -0.4 is 14.8 Å². The largest absolute Gasteiger partial charge is 0.497 e. The molecule has 0 bridgehead atoms. The summed E-state index contributed by atoms with van der Waals surface area (Å²) >= 11 is 0. The van der Waals surface area contributed by atoms with Crippen molar-refractivity contribution < 1.29 is 9.47 Å². The maximum atomic E-state index is 8.72. The van der Waals surface area contributed by atoms with E-state index >= 15 is 0 Å². The number of aromatic nitrogens is 4. The van der Waals surface area contributed by atoms with Gasteiger partial charge < -0.3 is 14.8 Å². The first-order valence-electron chi connectivity index (χ1n) is 7.00. The van der Waals surface area contributed by atoms with Crippen molar-refractivity contribution in [2.24, 2.45) is 0 Å². The Morgan fingerprint density at radius 1 is 1.08 bits per heavy atom. The zero-order valence-corrected chi connectivity index (χ0v) is 13.1. The molecule has 8 nitrogen and oxygen atoms in total. The summed E-state index contributed by atoms with van der Waals surface area (Å²) in [7, 11) is 3.20. The Hall–Kier alpha value is -3.60. The minimum atomic E-state index is 0.256. The van der Waals surface area contributed by atoms with Gasteiger partial charge in [0.25, 0.3) is 0 Å². The van der Waals surface area contributed by atoms with Gasteiger partial charge in [0.2, 0.25) is 0 Å². The number of anilines is 2.